The van der Waals surface area contributed by atoms with Gasteiger partial charge in [0, 0.05) is 18.8 Å². The van der Waals surface area contributed by atoms with Crippen LogP contribution in [0.2, 0.25) is 0 Å². The second-order valence-corrected chi connectivity index (χ2v) is 3.86. The minimum Gasteiger partial charge on any atom is -0.489 e. The number of ether oxygens (including phenoxy) is 1. The molecule has 3 heteroatoms. The van der Waals surface area contributed by atoms with Gasteiger partial charge in [-0.1, -0.05) is 13.8 Å². The van der Waals surface area contributed by atoms with Crippen LogP contribution in [0.1, 0.15) is 20.3 Å². The van der Waals surface area contributed by atoms with E-state index in [9.17, 15) is 0 Å². The number of rotatable bonds is 2. The fraction of sp³-hybridized carbons (Fsp3) is 0.538. The largest absolute Gasteiger partial charge is 0.489 e. The highest BCUT2D eigenvalue weighted by atomic mass is 16.5. The van der Waals surface area contributed by atoms with Crippen LogP contribution in [0.15, 0.2) is 24.3 Å². The number of nitrogens with two attached hydrogens (primary N) is 1. The molecule has 3 nitrogen and oxygen atoms in total. The van der Waals surface area contributed by atoms with E-state index in [1.54, 1.807) is 0 Å². The molecule has 2 N–H and O–H groups in total. The lowest BCUT2D eigenvalue weighted by Gasteiger charge is -2.13. The van der Waals surface area contributed by atoms with Gasteiger partial charge >= 0.3 is 0 Å². The summed E-state index contributed by atoms with van der Waals surface area (Å²) in [4.78, 5) is 2.28. The topological polar surface area (TPSA) is 38.5 Å². The first-order valence-corrected chi connectivity index (χ1v) is 5.95. The summed E-state index contributed by atoms with van der Waals surface area (Å²) in [6, 6.07) is 7.59. The Morgan fingerprint density at radius 3 is 2.38 bits per heavy atom. The number of hydrogen-bond donors (Lipinski definition) is 1. The summed E-state index contributed by atoms with van der Waals surface area (Å²) in [7, 11) is 2.12. The van der Waals surface area contributed by atoms with Crippen LogP contribution in [0.25, 0.3) is 0 Å². The van der Waals surface area contributed by atoms with Crippen LogP contribution >= 0.6 is 0 Å². The first kappa shape index (κ1) is 12.8. The standard InChI is InChI=1S/C11H16N2O.C2H6/c1-13-7-6-11(8-13)14-10-4-2-9(12)3-5-10;1-2/h2-5,11H,6-8,12H2,1H3;1-2H3. The van der Waals surface area contributed by atoms with E-state index in [2.05, 4.69) is 11.9 Å². The molecular formula is C13H22N2O. The third kappa shape index (κ3) is 3.74. The normalized spacial score (nSPS) is 20.1. The van der Waals surface area contributed by atoms with Gasteiger partial charge in [-0.05, 0) is 37.7 Å². The summed E-state index contributed by atoms with van der Waals surface area (Å²) in [5.41, 5.74) is 6.37. The molecule has 1 saturated heterocycles. The first-order valence-electron chi connectivity index (χ1n) is 5.95. The third-order valence-corrected chi connectivity index (χ3v) is 2.53. The molecule has 0 radical (unpaired) electrons. The van der Waals surface area contributed by atoms with Gasteiger partial charge in [0.2, 0.25) is 0 Å². The van der Waals surface area contributed by atoms with Crippen LogP contribution in [0, 0.1) is 0 Å². The van der Waals surface area contributed by atoms with Crippen LogP contribution < -0.4 is 10.5 Å². The molecule has 0 amide bonds. The minimum atomic E-state index is 0.337. The van der Waals surface area contributed by atoms with Gasteiger partial charge in [-0.25, -0.2) is 0 Å². The molecular weight excluding hydrogens is 200 g/mol. The minimum absolute atomic E-state index is 0.337. The zero-order valence-corrected chi connectivity index (χ0v) is 10.4. The number of likely N-dealkylation sites (tertiary alicyclic amines) is 1. The molecule has 0 spiro atoms. The second kappa shape index (κ2) is 6.38. The van der Waals surface area contributed by atoms with Crippen molar-refractivity contribution in [2.75, 3.05) is 25.9 Å². The van der Waals surface area contributed by atoms with E-state index in [0.29, 0.717) is 6.10 Å². The van der Waals surface area contributed by atoms with Crippen LogP contribution in [0.5, 0.6) is 5.75 Å². The van der Waals surface area contributed by atoms with Gasteiger partial charge in [-0.2, -0.15) is 0 Å². The Bertz CT molecular complexity index is 297. The summed E-state index contributed by atoms with van der Waals surface area (Å²) in [6.07, 6.45) is 1.45. The monoisotopic (exact) mass is 222 g/mol. The quantitative estimate of drug-likeness (QED) is 0.781. The van der Waals surface area contributed by atoms with Crippen molar-refractivity contribution in [3.63, 3.8) is 0 Å². The molecule has 1 aromatic rings. The number of nitrogens with zero attached hydrogens (tertiary/aromatic N) is 1. The maximum Gasteiger partial charge on any atom is 0.119 e. The van der Waals surface area contributed by atoms with Gasteiger partial charge in [0.05, 0.1) is 0 Å². The lowest BCUT2D eigenvalue weighted by atomic mass is 10.3. The van der Waals surface area contributed by atoms with E-state index in [0.717, 1.165) is 30.9 Å². The average molecular weight is 222 g/mol. The summed E-state index contributed by atoms with van der Waals surface area (Å²) in [5.74, 6) is 0.916. The van der Waals surface area contributed by atoms with Crippen molar-refractivity contribution in [3.05, 3.63) is 24.3 Å². The Labute approximate surface area is 98.2 Å². The fourth-order valence-corrected chi connectivity index (χ4v) is 1.73. The molecule has 1 fully saturated rings. The van der Waals surface area contributed by atoms with E-state index in [4.69, 9.17) is 10.5 Å². The molecule has 0 saturated carbocycles. The summed E-state index contributed by atoms with van der Waals surface area (Å²) >= 11 is 0. The molecule has 1 unspecified atom stereocenters. The number of likely N-dealkylation sites (N-methyl/N-ethyl adjacent to an activating group) is 1. The number of benzene rings is 1. The summed E-state index contributed by atoms with van der Waals surface area (Å²) in [6.45, 7) is 6.14. The van der Waals surface area contributed by atoms with Crippen molar-refractivity contribution in [2.45, 2.75) is 26.4 Å². The molecule has 0 bridgehead atoms. The van der Waals surface area contributed by atoms with Crippen molar-refractivity contribution in [1.29, 1.82) is 0 Å². The van der Waals surface area contributed by atoms with Gasteiger partial charge in [-0.3, -0.25) is 0 Å². The second-order valence-electron chi connectivity index (χ2n) is 3.86. The summed E-state index contributed by atoms with van der Waals surface area (Å²) in [5, 5.41) is 0. The van der Waals surface area contributed by atoms with Gasteiger partial charge in [0.15, 0.2) is 0 Å². The highest BCUT2D eigenvalue weighted by molar-refractivity contribution is 5.41. The molecule has 2 rings (SSSR count). The highest BCUT2D eigenvalue weighted by Crippen LogP contribution is 2.18. The fourth-order valence-electron chi connectivity index (χ4n) is 1.73. The molecule has 0 aliphatic carbocycles. The SMILES string of the molecule is CC.CN1CCC(Oc2ccc(N)cc2)C1. The highest BCUT2D eigenvalue weighted by Gasteiger charge is 2.20. The molecule has 16 heavy (non-hydrogen) atoms. The smallest absolute Gasteiger partial charge is 0.119 e. The maximum atomic E-state index is 5.80. The molecule has 1 heterocycles. The van der Waals surface area contributed by atoms with Gasteiger partial charge < -0.3 is 15.4 Å². The molecule has 1 atom stereocenters. The maximum absolute atomic E-state index is 5.80. The predicted molar refractivity (Wildman–Crippen MR) is 68.7 cm³/mol. The van der Waals surface area contributed by atoms with Gasteiger partial charge in [-0.15, -0.1) is 0 Å². The Morgan fingerprint density at radius 2 is 1.88 bits per heavy atom. The van der Waals surface area contributed by atoms with Crippen molar-refractivity contribution in [1.82, 2.24) is 4.90 Å². The van der Waals surface area contributed by atoms with E-state index in [1.807, 2.05) is 38.1 Å². The number of hydrogen-bond acceptors (Lipinski definition) is 3. The van der Waals surface area contributed by atoms with Crippen molar-refractivity contribution >= 4 is 5.69 Å². The molecule has 0 aromatic heterocycles. The third-order valence-electron chi connectivity index (χ3n) is 2.53. The van der Waals surface area contributed by atoms with Crippen LogP contribution in [0.4, 0.5) is 5.69 Å². The lowest BCUT2D eigenvalue weighted by molar-refractivity contribution is 0.208. The van der Waals surface area contributed by atoms with E-state index in [-0.39, 0.29) is 0 Å². The van der Waals surface area contributed by atoms with E-state index >= 15 is 0 Å². The average Bonchev–Trinajstić information content (AvgIpc) is 2.70. The Morgan fingerprint density at radius 1 is 1.25 bits per heavy atom. The number of anilines is 1. The van der Waals surface area contributed by atoms with Crippen LogP contribution in [-0.2, 0) is 0 Å². The number of nitrogen functional groups attached to an aromatic ring is 1. The summed E-state index contributed by atoms with van der Waals surface area (Å²) < 4.78 is 5.80. The Balaban J connectivity index is 0.000000606. The van der Waals surface area contributed by atoms with Crippen LogP contribution in [0.3, 0.4) is 0 Å². The molecule has 1 aliphatic heterocycles. The van der Waals surface area contributed by atoms with Crippen molar-refractivity contribution in [2.24, 2.45) is 0 Å². The Hall–Kier alpha value is -1.22. The van der Waals surface area contributed by atoms with Gasteiger partial charge in [0.1, 0.15) is 11.9 Å². The predicted octanol–water partition coefficient (Wildman–Crippen LogP) is 2.38. The molecule has 1 aliphatic rings. The van der Waals surface area contributed by atoms with Crippen LogP contribution in [-0.4, -0.2) is 31.1 Å². The molecule has 90 valence electrons. The van der Waals surface area contributed by atoms with Crippen molar-refractivity contribution < 1.29 is 4.74 Å². The first-order chi connectivity index (χ1) is 7.74. The van der Waals surface area contributed by atoms with Crippen molar-refractivity contribution in [3.8, 4) is 5.75 Å². The van der Waals surface area contributed by atoms with Gasteiger partial charge in [0.25, 0.3) is 0 Å². The lowest BCUT2D eigenvalue weighted by Crippen LogP contribution is -2.21. The van der Waals surface area contributed by atoms with E-state index in [1.165, 1.54) is 0 Å². The zero-order valence-electron chi connectivity index (χ0n) is 10.4. The Kier molecular flexibility index (Phi) is 5.12. The zero-order chi connectivity index (χ0) is 12.0. The van der Waals surface area contributed by atoms with E-state index < -0.39 is 0 Å². The molecule has 1 aromatic carbocycles.